The number of hydrogen-bond donors (Lipinski definition) is 0. The van der Waals surface area contributed by atoms with E-state index in [1.54, 1.807) is 0 Å². The highest BCUT2D eigenvalue weighted by Crippen LogP contribution is 2.74. The Bertz CT molecular complexity index is 2550. The summed E-state index contributed by atoms with van der Waals surface area (Å²) in [6.45, 7) is 0. The SMILES string of the molecule is C(=Cc1ccc(C23CC4(c5ccc(C=Cc6ccccc6)cc5)CC(c5ccc(C=Cc6ccccc6)cc5)(C2)CC(c2ccc(C=Cc5ccccc5)cc2)(C3)C4)cc1)c1ccccc1. The van der Waals surface area contributed by atoms with Crippen molar-refractivity contribution >= 4 is 48.6 Å². The predicted octanol–water partition coefficient (Wildman–Crippen LogP) is 16.8. The van der Waals surface area contributed by atoms with Crippen molar-refractivity contribution in [1.29, 1.82) is 0 Å². The highest BCUT2D eigenvalue weighted by atomic mass is 14.7. The summed E-state index contributed by atoms with van der Waals surface area (Å²) in [5.41, 5.74) is 15.7. The predicted molar refractivity (Wildman–Crippen MR) is 282 cm³/mol. The quantitative estimate of drug-likeness (QED) is 0.107. The van der Waals surface area contributed by atoms with Gasteiger partial charge in [0, 0.05) is 0 Å². The maximum atomic E-state index is 2.49. The van der Waals surface area contributed by atoms with Crippen LogP contribution in [-0.4, -0.2) is 0 Å². The smallest absolute Gasteiger partial charge is 0.00215 e. The van der Waals surface area contributed by atoms with Crippen molar-refractivity contribution in [2.45, 2.75) is 60.2 Å². The van der Waals surface area contributed by atoms with Gasteiger partial charge in [0.05, 0.1) is 0 Å². The normalized spacial score (nSPS) is 23.4. The Morgan fingerprint density at radius 3 is 0.500 bits per heavy atom. The second-order valence-corrected chi connectivity index (χ2v) is 19.6. The van der Waals surface area contributed by atoms with Crippen molar-refractivity contribution in [3.63, 3.8) is 0 Å². The van der Waals surface area contributed by atoms with Crippen LogP contribution in [0.25, 0.3) is 48.6 Å². The Kier molecular flexibility index (Phi) is 11.0. The minimum Gasteiger partial charge on any atom is -0.0622 e. The van der Waals surface area contributed by atoms with Gasteiger partial charge in [0.2, 0.25) is 0 Å². The van der Waals surface area contributed by atoms with Crippen molar-refractivity contribution in [2.24, 2.45) is 0 Å². The fourth-order valence-corrected chi connectivity index (χ4v) is 12.7. The Morgan fingerprint density at radius 1 is 0.182 bits per heavy atom. The van der Waals surface area contributed by atoms with Gasteiger partial charge < -0.3 is 0 Å². The van der Waals surface area contributed by atoms with Crippen molar-refractivity contribution in [1.82, 2.24) is 0 Å². The highest BCUT2D eigenvalue weighted by Gasteiger charge is 2.69. The first-order valence-electron chi connectivity index (χ1n) is 23.8. The molecule has 4 aliphatic carbocycles. The van der Waals surface area contributed by atoms with E-state index in [0.29, 0.717) is 0 Å². The Balaban J connectivity index is 1.02. The largest absolute Gasteiger partial charge is 0.0622 e. The van der Waals surface area contributed by atoms with Gasteiger partial charge in [0.1, 0.15) is 0 Å². The van der Waals surface area contributed by atoms with Crippen molar-refractivity contribution < 1.29 is 0 Å². The number of hydrogen-bond acceptors (Lipinski definition) is 0. The molecule has 4 saturated carbocycles. The first-order chi connectivity index (χ1) is 32.5. The molecule has 0 nitrogen and oxygen atoms in total. The topological polar surface area (TPSA) is 0 Å². The molecule has 4 bridgehead atoms. The first kappa shape index (κ1) is 41.4. The van der Waals surface area contributed by atoms with E-state index in [1.807, 2.05) is 0 Å². The molecule has 0 spiro atoms. The second kappa shape index (κ2) is 17.6. The molecule has 0 unspecified atom stereocenters. The average molecular weight is 849 g/mol. The molecule has 0 atom stereocenters. The molecule has 66 heavy (non-hydrogen) atoms. The van der Waals surface area contributed by atoms with Gasteiger partial charge in [-0.3, -0.25) is 0 Å². The van der Waals surface area contributed by atoms with Crippen LogP contribution in [0.5, 0.6) is 0 Å². The van der Waals surface area contributed by atoms with Crippen LogP contribution in [0, 0.1) is 0 Å². The Hall–Kier alpha value is -7.28. The number of benzene rings is 8. The van der Waals surface area contributed by atoms with Crippen LogP contribution in [0.15, 0.2) is 218 Å². The zero-order valence-electron chi connectivity index (χ0n) is 37.6. The van der Waals surface area contributed by atoms with E-state index in [4.69, 9.17) is 0 Å². The Morgan fingerprint density at radius 2 is 0.333 bits per heavy atom. The molecular formula is C66H56. The monoisotopic (exact) mass is 848 g/mol. The lowest BCUT2D eigenvalue weighted by Gasteiger charge is -2.71. The first-order valence-corrected chi connectivity index (χ1v) is 23.8. The zero-order valence-corrected chi connectivity index (χ0v) is 37.6. The summed E-state index contributed by atoms with van der Waals surface area (Å²) < 4.78 is 0. The van der Waals surface area contributed by atoms with Crippen LogP contribution in [0.4, 0.5) is 0 Å². The minimum absolute atomic E-state index is 0.0138. The van der Waals surface area contributed by atoms with Crippen molar-refractivity contribution in [3.05, 3.63) is 285 Å². The second-order valence-electron chi connectivity index (χ2n) is 19.6. The van der Waals surface area contributed by atoms with Crippen molar-refractivity contribution in [3.8, 4) is 0 Å². The summed E-state index contributed by atoms with van der Waals surface area (Å²) in [6.07, 6.45) is 24.9. The molecule has 0 heterocycles. The Labute approximate surface area is 392 Å². The van der Waals surface area contributed by atoms with Crippen LogP contribution < -0.4 is 0 Å². The molecule has 0 radical (unpaired) electrons. The highest BCUT2D eigenvalue weighted by molar-refractivity contribution is 5.73. The molecule has 8 aromatic rings. The van der Waals surface area contributed by atoms with Crippen LogP contribution >= 0.6 is 0 Å². The standard InChI is InChI=1S/C66H56/c1-5-13-51(14-6-1)21-25-55-29-37-59(38-30-55)63-45-64(60-39-31-56(32-40-60)26-22-52-15-7-2-8-16-52)48-65(46-63,61-41-33-57(34-42-61)27-23-53-17-9-3-10-18-53)50-66(47-63,49-64)62-43-35-58(36-44-62)28-24-54-19-11-4-12-20-54/h1-44H,45-50H2. The molecule has 0 N–H and O–H groups in total. The molecule has 0 heteroatoms. The van der Waals surface area contributed by atoms with Gasteiger partial charge in [-0.15, -0.1) is 0 Å². The van der Waals surface area contributed by atoms with E-state index < -0.39 is 0 Å². The molecular weight excluding hydrogens is 793 g/mol. The lowest BCUT2D eigenvalue weighted by molar-refractivity contribution is -0.0691. The summed E-state index contributed by atoms with van der Waals surface area (Å²) >= 11 is 0. The van der Waals surface area contributed by atoms with Gasteiger partial charge in [0.25, 0.3) is 0 Å². The van der Waals surface area contributed by atoms with Gasteiger partial charge in [-0.25, -0.2) is 0 Å². The van der Waals surface area contributed by atoms with Crippen molar-refractivity contribution in [2.75, 3.05) is 0 Å². The molecule has 0 amide bonds. The molecule has 0 aromatic heterocycles. The summed E-state index contributed by atoms with van der Waals surface area (Å²) in [7, 11) is 0. The maximum Gasteiger partial charge on any atom is -0.00215 e. The summed E-state index contributed by atoms with van der Waals surface area (Å²) in [6, 6.07) is 81.4. The van der Waals surface area contributed by atoms with Gasteiger partial charge in [-0.1, -0.05) is 267 Å². The van der Waals surface area contributed by atoms with E-state index in [9.17, 15) is 0 Å². The van der Waals surface area contributed by atoms with E-state index in [-0.39, 0.29) is 21.7 Å². The molecule has 8 aromatic carbocycles. The summed E-state index contributed by atoms with van der Waals surface area (Å²) in [4.78, 5) is 0. The third-order valence-electron chi connectivity index (χ3n) is 15.2. The lowest BCUT2D eigenvalue weighted by atomic mass is 9.32. The molecule has 4 fully saturated rings. The van der Waals surface area contributed by atoms with Gasteiger partial charge in [-0.2, -0.15) is 0 Å². The lowest BCUT2D eigenvalue weighted by Crippen LogP contribution is -2.67. The van der Waals surface area contributed by atoms with E-state index >= 15 is 0 Å². The molecule has 4 aliphatic rings. The van der Waals surface area contributed by atoms with Crippen LogP contribution in [0.1, 0.15) is 105 Å². The third kappa shape index (κ3) is 8.41. The summed E-state index contributed by atoms with van der Waals surface area (Å²) in [5, 5.41) is 0. The van der Waals surface area contributed by atoms with Gasteiger partial charge in [-0.05, 0) is 127 Å². The average Bonchev–Trinajstić information content (AvgIpc) is 3.37. The van der Waals surface area contributed by atoms with E-state index in [2.05, 4.69) is 267 Å². The van der Waals surface area contributed by atoms with E-state index in [0.717, 1.165) is 38.5 Å². The van der Waals surface area contributed by atoms with Crippen LogP contribution in [0.2, 0.25) is 0 Å². The molecule has 320 valence electrons. The molecule has 12 rings (SSSR count). The van der Waals surface area contributed by atoms with Gasteiger partial charge >= 0.3 is 0 Å². The fourth-order valence-electron chi connectivity index (χ4n) is 12.7. The maximum absolute atomic E-state index is 2.49. The zero-order chi connectivity index (χ0) is 44.3. The third-order valence-corrected chi connectivity index (χ3v) is 15.2. The van der Waals surface area contributed by atoms with E-state index in [1.165, 1.54) is 66.8 Å². The summed E-state index contributed by atoms with van der Waals surface area (Å²) in [5.74, 6) is 0. The minimum atomic E-state index is -0.0138. The van der Waals surface area contributed by atoms with Gasteiger partial charge in [0.15, 0.2) is 0 Å². The number of rotatable bonds is 12. The molecule has 0 saturated heterocycles. The van der Waals surface area contributed by atoms with Crippen LogP contribution in [-0.2, 0) is 21.7 Å². The molecule has 0 aliphatic heterocycles. The van der Waals surface area contributed by atoms with Crippen LogP contribution in [0.3, 0.4) is 0 Å². The fraction of sp³-hybridized carbons (Fsp3) is 0.152.